The number of anilines is 2. The van der Waals surface area contributed by atoms with Gasteiger partial charge in [0.05, 0.1) is 30.1 Å². The van der Waals surface area contributed by atoms with Gasteiger partial charge in [-0.25, -0.2) is 0 Å². The number of benzene rings is 2. The van der Waals surface area contributed by atoms with Crippen LogP contribution in [0.5, 0.6) is 0 Å². The average molecular weight is 628 g/mol. The van der Waals surface area contributed by atoms with E-state index in [4.69, 9.17) is 4.74 Å². The molecule has 2 aromatic rings. The SMILES string of the molecule is C=CCN(C(=O)[C@@H]1[C@H]2C(=O)N([C@@H](CO)CC(C)C)C(C(=O)N(CC=C)c3c(C)cccc3C)C23CC[C@@]1(CC)O3)c1ccccc1. The monoisotopic (exact) mass is 627 g/mol. The highest BCUT2D eigenvalue weighted by Gasteiger charge is 2.79. The van der Waals surface area contributed by atoms with Crippen molar-refractivity contribution >= 4 is 29.1 Å². The number of aliphatic hydroxyl groups is 1. The quantitative estimate of drug-likeness (QED) is 0.292. The van der Waals surface area contributed by atoms with Crippen molar-refractivity contribution in [2.75, 3.05) is 29.5 Å². The summed E-state index contributed by atoms with van der Waals surface area (Å²) in [7, 11) is 0. The van der Waals surface area contributed by atoms with Crippen molar-refractivity contribution in [1.82, 2.24) is 4.90 Å². The standard InChI is InChI=1S/C38H49N3O5/c1-8-21-39(28-17-12-11-13-18-28)34(43)30-31-35(44)41(29(24-42)23-25(4)5)33(38(31)20-19-37(30,10-3)46-38)36(45)40(22-9-2)32-26(6)15-14-16-27(32)7/h8-9,11-18,25,29-31,33,42H,1-2,10,19-24H2,3-7H3/t29-,30+,31+,33?,37-,38?/m1/s1. The summed E-state index contributed by atoms with van der Waals surface area (Å²) in [6.45, 7) is 18.1. The van der Waals surface area contributed by atoms with Crippen molar-refractivity contribution in [3.05, 3.63) is 85.0 Å². The van der Waals surface area contributed by atoms with E-state index in [2.05, 4.69) is 13.2 Å². The van der Waals surface area contributed by atoms with Gasteiger partial charge < -0.3 is 24.5 Å². The predicted molar refractivity (Wildman–Crippen MR) is 181 cm³/mol. The van der Waals surface area contributed by atoms with Crippen LogP contribution in [0.1, 0.15) is 57.6 Å². The Bertz CT molecular complexity index is 1470. The van der Waals surface area contributed by atoms with Gasteiger partial charge in [-0.3, -0.25) is 14.4 Å². The van der Waals surface area contributed by atoms with E-state index in [9.17, 15) is 14.7 Å². The molecule has 46 heavy (non-hydrogen) atoms. The molecular weight excluding hydrogens is 578 g/mol. The number of likely N-dealkylation sites (tertiary alicyclic amines) is 1. The molecule has 5 rings (SSSR count). The smallest absolute Gasteiger partial charge is 0.253 e. The van der Waals surface area contributed by atoms with Gasteiger partial charge in [-0.15, -0.1) is 13.2 Å². The maximum absolute atomic E-state index is 15.2. The predicted octanol–water partition coefficient (Wildman–Crippen LogP) is 5.60. The number of hydrogen-bond donors (Lipinski definition) is 1. The van der Waals surface area contributed by atoms with Gasteiger partial charge in [0.2, 0.25) is 11.8 Å². The zero-order chi connectivity index (χ0) is 33.4. The van der Waals surface area contributed by atoms with E-state index < -0.39 is 35.1 Å². The summed E-state index contributed by atoms with van der Waals surface area (Å²) >= 11 is 0. The Morgan fingerprint density at radius 1 is 1.00 bits per heavy atom. The number of rotatable bonds is 13. The first-order chi connectivity index (χ1) is 22.0. The lowest BCUT2D eigenvalue weighted by atomic mass is 9.64. The maximum atomic E-state index is 15.2. The molecule has 6 atom stereocenters. The van der Waals surface area contributed by atoms with E-state index in [0.717, 1.165) is 16.8 Å². The van der Waals surface area contributed by atoms with Crippen LogP contribution in [0, 0.1) is 31.6 Å². The Balaban J connectivity index is 1.69. The molecule has 3 heterocycles. The van der Waals surface area contributed by atoms with Crippen molar-refractivity contribution in [1.29, 1.82) is 0 Å². The first-order valence-electron chi connectivity index (χ1n) is 16.6. The molecule has 0 aliphatic carbocycles. The van der Waals surface area contributed by atoms with E-state index >= 15 is 4.79 Å². The van der Waals surface area contributed by atoms with Crippen molar-refractivity contribution in [2.24, 2.45) is 17.8 Å². The molecule has 3 fully saturated rings. The molecule has 8 nitrogen and oxygen atoms in total. The molecule has 246 valence electrons. The number of para-hydroxylation sites is 2. The molecule has 3 aliphatic heterocycles. The van der Waals surface area contributed by atoms with Crippen LogP contribution >= 0.6 is 0 Å². The number of carbonyl (C=O) groups excluding carboxylic acids is 3. The van der Waals surface area contributed by atoms with Gasteiger partial charge in [-0.1, -0.05) is 69.3 Å². The first-order valence-corrected chi connectivity index (χ1v) is 16.6. The molecule has 3 saturated heterocycles. The van der Waals surface area contributed by atoms with Crippen LogP contribution < -0.4 is 9.80 Å². The molecule has 8 heteroatoms. The zero-order valence-electron chi connectivity index (χ0n) is 27.9. The second-order valence-electron chi connectivity index (χ2n) is 13.6. The minimum atomic E-state index is -1.22. The van der Waals surface area contributed by atoms with Crippen LogP contribution in [0.15, 0.2) is 73.8 Å². The van der Waals surface area contributed by atoms with Crippen molar-refractivity contribution in [2.45, 2.75) is 83.6 Å². The zero-order valence-corrected chi connectivity index (χ0v) is 27.9. The lowest BCUT2D eigenvalue weighted by Crippen LogP contribution is -2.59. The molecule has 1 spiro atoms. The summed E-state index contributed by atoms with van der Waals surface area (Å²) in [5.41, 5.74) is 1.23. The number of carbonyl (C=O) groups is 3. The first kappa shape index (κ1) is 33.6. The van der Waals surface area contributed by atoms with Gasteiger partial charge in [0.15, 0.2) is 0 Å². The lowest BCUT2D eigenvalue weighted by Gasteiger charge is -2.40. The summed E-state index contributed by atoms with van der Waals surface area (Å²) in [6.07, 6.45) is 5.42. The molecule has 2 aromatic carbocycles. The molecule has 1 N–H and O–H groups in total. The number of nitrogens with zero attached hydrogens (tertiary/aromatic N) is 3. The molecule has 0 radical (unpaired) electrons. The number of amides is 3. The fourth-order valence-corrected chi connectivity index (χ4v) is 8.55. The van der Waals surface area contributed by atoms with Crippen LogP contribution in [0.25, 0.3) is 0 Å². The summed E-state index contributed by atoms with van der Waals surface area (Å²) < 4.78 is 7.09. The van der Waals surface area contributed by atoms with Crippen molar-refractivity contribution < 1.29 is 24.2 Å². The number of hydrogen-bond acceptors (Lipinski definition) is 5. The van der Waals surface area contributed by atoms with Gasteiger partial charge in [0.1, 0.15) is 11.6 Å². The van der Waals surface area contributed by atoms with Crippen LogP contribution in [-0.2, 0) is 19.1 Å². The van der Waals surface area contributed by atoms with Gasteiger partial charge in [0, 0.05) is 24.5 Å². The Kier molecular flexibility index (Phi) is 9.62. The molecule has 3 amide bonds. The Morgan fingerprint density at radius 3 is 2.20 bits per heavy atom. The Labute approximate surface area is 273 Å². The summed E-state index contributed by atoms with van der Waals surface area (Å²) in [4.78, 5) is 49.9. The minimum absolute atomic E-state index is 0.152. The minimum Gasteiger partial charge on any atom is -0.394 e. The lowest BCUT2D eigenvalue weighted by molar-refractivity contribution is -0.149. The molecule has 3 aliphatic rings. The van der Waals surface area contributed by atoms with Gasteiger partial charge in [-0.2, -0.15) is 0 Å². The Morgan fingerprint density at radius 2 is 1.63 bits per heavy atom. The largest absolute Gasteiger partial charge is 0.394 e. The molecule has 2 unspecified atom stereocenters. The topological polar surface area (TPSA) is 90.4 Å². The van der Waals surface area contributed by atoms with Crippen molar-refractivity contribution in [3.63, 3.8) is 0 Å². The summed E-state index contributed by atoms with van der Waals surface area (Å²) in [5, 5.41) is 10.7. The number of ether oxygens (including phenoxy) is 1. The van der Waals surface area contributed by atoms with E-state index in [-0.39, 0.29) is 43.3 Å². The van der Waals surface area contributed by atoms with Gasteiger partial charge in [0.25, 0.3) is 5.91 Å². The van der Waals surface area contributed by atoms with Gasteiger partial charge in [-0.05, 0) is 68.7 Å². The normalized spacial score (nSPS) is 27.1. The van der Waals surface area contributed by atoms with Crippen LogP contribution in [0.2, 0.25) is 0 Å². The number of aryl methyl sites for hydroxylation is 2. The van der Waals surface area contributed by atoms with E-state index in [0.29, 0.717) is 31.4 Å². The van der Waals surface area contributed by atoms with Crippen LogP contribution in [-0.4, -0.2) is 70.7 Å². The summed E-state index contributed by atoms with van der Waals surface area (Å²) in [5.74, 6) is -2.30. The van der Waals surface area contributed by atoms with E-state index in [1.165, 1.54) is 0 Å². The summed E-state index contributed by atoms with van der Waals surface area (Å²) in [6, 6.07) is 13.7. The van der Waals surface area contributed by atoms with Crippen LogP contribution in [0.3, 0.4) is 0 Å². The molecule has 0 saturated carbocycles. The molecular formula is C38H49N3O5. The fraction of sp³-hybridized carbons (Fsp3) is 0.500. The van der Waals surface area contributed by atoms with Gasteiger partial charge >= 0.3 is 0 Å². The maximum Gasteiger partial charge on any atom is 0.253 e. The second kappa shape index (κ2) is 13.2. The highest BCUT2D eigenvalue weighted by atomic mass is 16.5. The van der Waals surface area contributed by atoms with Crippen molar-refractivity contribution in [3.8, 4) is 0 Å². The molecule has 0 aromatic heterocycles. The number of fused-ring (bicyclic) bond motifs is 1. The Hall–Kier alpha value is -3.75. The number of aliphatic hydroxyl groups excluding tert-OH is 1. The van der Waals surface area contributed by atoms with Crippen LogP contribution in [0.4, 0.5) is 11.4 Å². The highest BCUT2D eigenvalue weighted by molar-refractivity contribution is 6.07. The average Bonchev–Trinajstić information content (AvgIpc) is 3.65. The third-order valence-corrected chi connectivity index (χ3v) is 10.4. The van der Waals surface area contributed by atoms with E-state index in [1.54, 1.807) is 26.9 Å². The fourth-order valence-electron chi connectivity index (χ4n) is 8.55. The third-order valence-electron chi connectivity index (χ3n) is 10.4. The second-order valence-corrected chi connectivity index (χ2v) is 13.6. The third kappa shape index (κ3) is 5.29. The molecule has 2 bridgehead atoms. The van der Waals surface area contributed by atoms with E-state index in [1.807, 2.05) is 83.1 Å². The highest BCUT2D eigenvalue weighted by Crippen LogP contribution is 2.65.